The maximum Gasteiger partial charge on any atom is 0.255 e. The summed E-state index contributed by atoms with van der Waals surface area (Å²) in [6.45, 7) is 3.29. The van der Waals surface area contributed by atoms with Gasteiger partial charge in [-0.25, -0.2) is 8.42 Å². The van der Waals surface area contributed by atoms with Crippen molar-refractivity contribution in [3.63, 3.8) is 0 Å². The van der Waals surface area contributed by atoms with Gasteiger partial charge in [0.25, 0.3) is 5.91 Å². The molecule has 1 saturated heterocycles. The molecule has 32 heavy (non-hydrogen) atoms. The quantitative estimate of drug-likeness (QED) is 0.579. The SMILES string of the molecule is COc1cccc(C(=O)NCCS(=O)(=O)N2CCN(CCc3ccccc3)CC2)c1OC. The highest BCUT2D eigenvalue weighted by molar-refractivity contribution is 7.89. The van der Waals surface area contributed by atoms with Crippen LogP contribution in [0.15, 0.2) is 48.5 Å². The summed E-state index contributed by atoms with van der Waals surface area (Å²) < 4.78 is 37.4. The van der Waals surface area contributed by atoms with E-state index in [1.54, 1.807) is 18.2 Å². The van der Waals surface area contributed by atoms with E-state index in [-0.39, 0.29) is 12.3 Å². The molecule has 2 aromatic carbocycles. The van der Waals surface area contributed by atoms with Crippen molar-refractivity contribution in [2.24, 2.45) is 0 Å². The third kappa shape index (κ3) is 6.21. The van der Waals surface area contributed by atoms with E-state index in [1.165, 1.54) is 24.1 Å². The second kappa shape index (κ2) is 11.3. The number of methoxy groups -OCH3 is 2. The molecular weight excluding hydrogens is 430 g/mol. The highest BCUT2D eigenvalue weighted by atomic mass is 32.2. The van der Waals surface area contributed by atoms with Gasteiger partial charge in [-0.05, 0) is 24.1 Å². The van der Waals surface area contributed by atoms with E-state index in [0.29, 0.717) is 43.2 Å². The minimum Gasteiger partial charge on any atom is -0.493 e. The second-order valence-corrected chi connectivity index (χ2v) is 9.68. The van der Waals surface area contributed by atoms with E-state index in [1.807, 2.05) is 18.2 Å². The van der Waals surface area contributed by atoms with Crippen molar-refractivity contribution >= 4 is 15.9 Å². The Balaban J connectivity index is 1.45. The van der Waals surface area contributed by atoms with Crippen LogP contribution in [0, 0.1) is 0 Å². The first-order chi connectivity index (χ1) is 15.4. The van der Waals surface area contributed by atoms with Gasteiger partial charge in [-0.3, -0.25) is 4.79 Å². The first-order valence-electron chi connectivity index (χ1n) is 10.7. The Hall–Kier alpha value is -2.62. The van der Waals surface area contributed by atoms with Crippen LogP contribution in [0.2, 0.25) is 0 Å². The Morgan fingerprint density at radius 2 is 1.69 bits per heavy atom. The summed E-state index contributed by atoms with van der Waals surface area (Å²) in [6, 6.07) is 15.3. The Kier molecular flexibility index (Phi) is 8.49. The maximum atomic E-state index is 12.7. The first kappa shape index (κ1) is 24.0. The van der Waals surface area contributed by atoms with Gasteiger partial charge in [0.2, 0.25) is 10.0 Å². The number of para-hydroxylation sites is 1. The summed E-state index contributed by atoms with van der Waals surface area (Å²) in [6.07, 6.45) is 0.952. The van der Waals surface area contributed by atoms with Gasteiger partial charge in [0.1, 0.15) is 0 Å². The highest BCUT2D eigenvalue weighted by Crippen LogP contribution is 2.30. The standard InChI is InChI=1S/C23H31N3O5S/c1-30-21-10-6-9-20(22(21)31-2)23(27)24-12-18-32(28,29)26-16-14-25(15-17-26)13-11-19-7-4-3-5-8-19/h3-10H,11-18H2,1-2H3,(H,24,27). The van der Waals surface area contributed by atoms with Gasteiger partial charge in [0, 0.05) is 39.3 Å². The predicted octanol–water partition coefficient (Wildman–Crippen LogP) is 1.62. The number of ether oxygens (including phenoxy) is 2. The maximum absolute atomic E-state index is 12.7. The molecule has 8 nitrogen and oxygen atoms in total. The molecule has 1 amide bonds. The molecule has 0 aromatic heterocycles. The average molecular weight is 462 g/mol. The highest BCUT2D eigenvalue weighted by Gasteiger charge is 2.27. The van der Waals surface area contributed by atoms with Crippen molar-refractivity contribution in [1.82, 2.24) is 14.5 Å². The van der Waals surface area contributed by atoms with Crippen LogP contribution >= 0.6 is 0 Å². The molecule has 3 rings (SSSR count). The lowest BCUT2D eigenvalue weighted by molar-refractivity contribution is 0.0952. The number of hydrogen-bond donors (Lipinski definition) is 1. The number of amides is 1. The zero-order valence-electron chi connectivity index (χ0n) is 18.6. The summed E-state index contributed by atoms with van der Waals surface area (Å²) in [7, 11) is -0.494. The molecule has 0 bridgehead atoms. The van der Waals surface area contributed by atoms with Crippen LogP contribution in [0.3, 0.4) is 0 Å². The van der Waals surface area contributed by atoms with Gasteiger partial charge in [-0.1, -0.05) is 36.4 Å². The average Bonchev–Trinajstić information content (AvgIpc) is 2.82. The predicted molar refractivity (Wildman–Crippen MR) is 124 cm³/mol. The van der Waals surface area contributed by atoms with Gasteiger partial charge in [-0.2, -0.15) is 4.31 Å². The number of carbonyl (C=O) groups excluding carboxylic acids is 1. The minimum absolute atomic E-state index is 0.0236. The number of sulfonamides is 1. The Morgan fingerprint density at radius 1 is 0.969 bits per heavy atom. The number of nitrogens with zero attached hydrogens (tertiary/aromatic N) is 2. The van der Waals surface area contributed by atoms with E-state index in [0.717, 1.165) is 13.0 Å². The van der Waals surface area contributed by atoms with Crippen molar-refractivity contribution in [3.05, 3.63) is 59.7 Å². The van der Waals surface area contributed by atoms with Gasteiger partial charge in [0.15, 0.2) is 11.5 Å². The fourth-order valence-electron chi connectivity index (χ4n) is 3.75. The summed E-state index contributed by atoms with van der Waals surface area (Å²) in [5.41, 5.74) is 1.59. The molecule has 0 aliphatic carbocycles. The monoisotopic (exact) mass is 461 g/mol. The Bertz CT molecular complexity index is 990. The number of rotatable bonds is 10. The van der Waals surface area contributed by atoms with Gasteiger partial charge >= 0.3 is 0 Å². The van der Waals surface area contributed by atoms with Crippen LogP contribution in [0.4, 0.5) is 0 Å². The van der Waals surface area contributed by atoms with Crippen LogP contribution in [0.25, 0.3) is 0 Å². The molecule has 1 aliphatic rings. The summed E-state index contributed by atoms with van der Waals surface area (Å²) in [5, 5.41) is 2.68. The lowest BCUT2D eigenvalue weighted by Gasteiger charge is -2.34. The molecule has 0 atom stereocenters. The Morgan fingerprint density at radius 3 is 2.34 bits per heavy atom. The Labute approximate surface area is 190 Å². The summed E-state index contributed by atoms with van der Waals surface area (Å²) in [4.78, 5) is 14.8. The summed E-state index contributed by atoms with van der Waals surface area (Å²) >= 11 is 0. The third-order valence-corrected chi connectivity index (χ3v) is 7.45. The molecule has 1 heterocycles. The molecule has 1 N–H and O–H groups in total. The minimum atomic E-state index is -3.44. The zero-order valence-corrected chi connectivity index (χ0v) is 19.4. The molecule has 1 fully saturated rings. The van der Waals surface area contributed by atoms with Gasteiger partial charge in [0.05, 0.1) is 25.5 Å². The molecule has 2 aromatic rings. The normalized spacial score (nSPS) is 15.3. The molecule has 0 radical (unpaired) electrons. The van der Waals surface area contributed by atoms with E-state index in [4.69, 9.17) is 9.47 Å². The lowest BCUT2D eigenvalue weighted by atomic mass is 10.1. The van der Waals surface area contributed by atoms with Crippen molar-refractivity contribution in [2.45, 2.75) is 6.42 Å². The largest absolute Gasteiger partial charge is 0.493 e. The summed E-state index contributed by atoms with van der Waals surface area (Å²) in [5.74, 6) is 0.219. The van der Waals surface area contributed by atoms with Crippen LogP contribution < -0.4 is 14.8 Å². The van der Waals surface area contributed by atoms with Crippen LogP contribution in [-0.2, 0) is 16.4 Å². The molecule has 0 spiro atoms. The first-order valence-corrected chi connectivity index (χ1v) is 12.3. The molecule has 9 heteroatoms. The van der Waals surface area contributed by atoms with Crippen LogP contribution in [-0.4, -0.2) is 82.8 Å². The second-order valence-electron chi connectivity index (χ2n) is 7.59. The lowest BCUT2D eigenvalue weighted by Crippen LogP contribution is -2.50. The molecule has 1 aliphatic heterocycles. The smallest absolute Gasteiger partial charge is 0.255 e. The van der Waals surface area contributed by atoms with E-state index in [9.17, 15) is 13.2 Å². The fourth-order valence-corrected chi connectivity index (χ4v) is 5.08. The van der Waals surface area contributed by atoms with Crippen LogP contribution in [0.1, 0.15) is 15.9 Å². The van der Waals surface area contributed by atoms with E-state index in [2.05, 4.69) is 22.3 Å². The van der Waals surface area contributed by atoms with E-state index >= 15 is 0 Å². The zero-order chi connectivity index (χ0) is 23.0. The molecule has 0 unspecified atom stereocenters. The molecule has 0 saturated carbocycles. The molecular formula is C23H31N3O5S. The number of nitrogens with one attached hydrogen (secondary N) is 1. The van der Waals surface area contributed by atoms with Crippen molar-refractivity contribution in [3.8, 4) is 11.5 Å². The fraction of sp³-hybridized carbons (Fsp3) is 0.435. The van der Waals surface area contributed by atoms with E-state index < -0.39 is 15.9 Å². The number of carbonyl (C=O) groups is 1. The van der Waals surface area contributed by atoms with Crippen molar-refractivity contribution in [1.29, 1.82) is 0 Å². The van der Waals surface area contributed by atoms with Crippen molar-refractivity contribution < 1.29 is 22.7 Å². The van der Waals surface area contributed by atoms with Crippen molar-refractivity contribution in [2.75, 3.05) is 59.2 Å². The number of benzene rings is 2. The molecule has 174 valence electrons. The number of piperazine rings is 1. The third-order valence-electron chi connectivity index (χ3n) is 5.58. The number of hydrogen-bond acceptors (Lipinski definition) is 6. The van der Waals surface area contributed by atoms with Gasteiger partial charge < -0.3 is 19.7 Å². The topological polar surface area (TPSA) is 88.2 Å². The van der Waals surface area contributed by atoms with Gasteiger partial charge in [-0.15, -0.1) is 0 Å². The van der Waals surface area contributed by atoms with Crippen LogP contribution in [0.5, 0.6) is 11.5 Å².